The number of carbonyl (C=O) groups is 1. The fourth-order valence-corrected chi connectivity index (χ4v) is 1.94. The van der Waals surface area contributed by atoms with Gasteiger partial charge in [-0.3, -0.25) is 4.79 Å². The Morgan fingerprint density at radius 3 is 3.00 bits per heavy atom. The van der Waals surface area contributed by atoms with Crippen LogP contribution in [0, 0.1) is 0 Å². The zero-order valence-corrected chi connectivity index (χ0v) is 10.6. The van der Waals surface area contributed by atoms with Gasteiger partial charge < -0.3 is 20.5 Å². The molecule has 0 saturated carbocycles. The number of hydrogen-bond donors (Lipinski definition) is 2. The van der Waals surface area contributed by atoms with Crippen molar-refractivity contribution >= 4 is 11.6 Å². The van der Waals surface area contributed by atoms with Crippen LogP contribution in [0.15, 0.2) is 36.5 Å². The van der Waals surface area contributed by atoms with Crippen molar-refractivity contribution in [3.05, 3.63) is 47.8 Å². The Labute approximate surface area is 115 Å². The van der Waals surface area contributed by atoms with E-state index in [4.69, 9.17) is 15.2 Å². The Bertz CT molecular complexity index is 641. The molecule has 2 heterocycles. The SMILES string of the molecule is Nc1ccc(C(=O)NCc2cccc3c2OCO3)nc1. The topological polar surface area (TPSA) is 86.5 Å². The van der Waals surface area contributed by atoms with Crippen molar-refractivity contribution in [2.75, 3.05) is 12.5 Å². The average Bonchev–Trinajstić information content (AvgIpc) is 2.94. The first-order chi connectivity index (χ1) is 9.74. The maximum Gasteiger partial charge on any atom is 0.270 e. The first-order valence-corrected chi connectivity index (χ1v) is 6.11. The molecule has 0 radical (unpaired) electrons. The summed E-state index contributed by atoms with van der Waals surface area (Å²) in [7, 11) is 0. The van der Waals surface area contributed by atoms with Gasteiger partial charge in [-0.15, -0.1) is 0 Å². The number of anilines is 1. The fourth-order valence-electron chi connectivity index (χ4n) is 1.94. The molecule has 1 aliphatic rings. The zero-order chi connectivity index (χ0) is 13.9. The van der Waals surface area contributed by atoms with Crippen LogP contribution in [-0.2, 0) is 6.54 Å². The molecule has 0 bridgehead atoms. The van der Waals surface area contributed by atoms with Gasteiger partial charge in [0, 0.05) is 12.1 Å². The molecular formula is C14H13N3O3. The molecular weight excluding hydrogens is 258 g/mol. The van der Waals surface area contributed by atoms with E-state index in [1.165, 1.54) is 6.20 Å². The number of fused-ring (bicyclic) bond motifs is 1. The second-order valence-electron chi connectivity index (χ2n) is 4.31. The van der Waals surface area contributed by atoms with Gasteiger partial charge in [0.15, 0.2) is 11.5 Å². The summed E-state index contributed by atoms with van der Waals surface area (Å²) in [5, 5.41) is 2.79. The van der Waals surface area contributed by atoms with Gasteiger partial charge in [-0.1, -0.05) is 12.1 Å². The maximum absolute atomic E-state index is 11.9. The Hall–Kier alpha value is -2.76. The summed E-state index contributed by atoms with van der Waals surface area (Å²) in [5.41, 5.74) is 7.24. The predicted octanol–water partition coefficient (Wildman–Crippen LogP) is 1.32. The van der Waals surface area contributed by atoms with Gasteiger partial charge >= 0.3 is 0 Å². The van der Waals surface area contributed by atoms with Gasteiger partial charge in [0.05, 0.1) is 11.9 Å². The van der Waals surface area contributed by atoms with Crippen LogP contribution in [0.4, 0.5) is 5.69 Å². The number of nitrogen functional groups attached to an aromatic ring is 1. The highest BCUT2D eigenvalue weighted by Gasteiger charge is 2.17. The lowest BCUT2D eigenvalue weighted by Gasteiger charge is -2.07. The molecule has 1 aliphatic heterocycles. The number of rotatable bonds is 3. The van der Waals surface area contributed by atoms with Crippen LogP contribution < -0.4 is 20.5 Å². The molecule has 0 aliphatic carbocycles. The van der Waals surface area contributed by atoms with Crippen LogP contribution in [0.25, 0.3) is 0 Å². The zero-order valence-electron chi connectivity index (χ0n) is 10.6. The molecule has 0 spiro atoms. The number of pyridine rings is 1. The molecule has 1 aromatic carbocycles. The van der Waals surface area contributed by atoms with E-state index >= 15 is 0 Å². The summed E-state index contributed by atoms with van der Waals surface area (Å²) in [4.78, 5) is 15.9. The molecule has 0 saturated heterocycles. The van der Waals surface area contributed by atoms with Gasteiger partial charge in [0.25, 0.3) is 5.91 Å². The number of nitrogens with zero attached hydrogens (tertiary/aromatic N) is 1. The third-order valence-electron chi connectivity index (χ3n) is 2.94. The molecule has 102 valence electrons. The van der Waals surface area contributed by atoms with E-state index in [-0.39, 0.29) is 12.7 Å². The van der Waals surface area contributed by atoms with Crippen LogP contribution in [0.5, 0.6) is 11.5 Å². The summed E-state index contributed by atoms with van der Waals surface area (Å²) in [6.45, 7) is 0.553. The van der Waals surface area contributed by atoms with E-state index < -0.39 is 0 Å². The summed E-state index contributed by atoms with van der Waals surface area (Å²) < 4.78 is 10.7. The number of nitrogens with two attached hydrogens (primary N) is 1. The highest BCUT2D eigenvalue weighted by atomic mass is 16.7. The predicted molar refractivity (Wildman–Crippen MR) is 72.4 cm³/mol. The molecule has 0 unspecified atom stereocenters. The minimum atomic E-state index is -0.262. The normalized spacial score (nSPS) is 12.2. The van der Waals surface area contributed by atoms with Gasteiger partial charge in [-0.25, -0.2) is 4.98 Å². The molecule has 3 N–H and O–H groups in total. The van der Waals surface area contributed by atoms with Gasteiger partial charge in [-0.05, 0) is 18.2 Å². The minimum absolute atomic E-state index is 0.208. The van der Waals surface area contributed by atoms with E-state index in [9.17, 15) is 4.79 Å². The van der Waals surface area contributed by atoms with Crippen LogP contribution in [-0.4, -0.2) is 17.7 Å². The third kappa shape index (κ3) is 2.35. The molecule has 0 atom stereocenters. The molecule has 0 fully saturated rings. The number of ether oxygens (including phenoxy) is 2. The number of aromatic nitrogens is 1. The summed E-state index contributed by atoms with van der Waals surface area (Å²) >= 11 is 0. The van der Waals surface area contributed by atoms with Crippen molar-refractivity contribution < 1.29 is 14.3 Å². The lowest BCUT2D eigenvalue weighted by Crippen LogP contribution is -2.23. The smallest absolute Gasteiger partial charge is 0.270 e. The largest absolute Gasteiger partial charge is 0.454 e. The van der Waals surface area contributed by atoms with Crippen molar-refractivity contribution in [1.29, 1.82) is 0 Å². The molecule has 2 aromatic rings. The van der Waals surface area contributed by atoms with Crippen LogP contribution in [0.3, 0.4) is 0 Å². The molecule has 3 rings (SSSR count). The van der Waals surface area contributed by atoms with E-state index in [1.54, 1.807) is 12.1 Å². The molecule has 1 amide bonds. The number of para-hydroxylation sites is 1. The van der Waals surface area contributed by atoms with Crippen molar-refractivity contribution in [2.45, 2.75) is 6.54 Å². The van der Waals surface area contributed by atoms with Gasteiger partial charge in [-0.2, -0.15) is 0 Å². The Kier molecular flexibility index (Phi) is 3.12. The fraction of sp³-hybridized carbons (Fsp3) is 0.143. The second kappa shape index (κ2) is 5.08. The molecule has 6 heteroatoms. The Morgan fingerprint density at radius 2 is 2.20 bits per heavy atom. The van der Waals surface area contributed by atoms with Crippen molar-refractivity contribution in [1.82, 2.24) is 10.3 Å². The monoisotopic (exact) mass is 271 g/mol. The Morgan fingerprint density at radius 1 is 1.30 bits per heavy atom. The maximum atomic E-state index is 11.9. The third-order valence-corrected chi connectivity index (χ3v) is 2.94. The highest BCUT2D eigenvalue weighted by molar-refractivity contribution is 5.92. The highest BCUT2D eigenvalue weighted by Crippen LogP contribution is 2.35. The summed E-state index contributed by atoms with van der Waals surface area (Å²) in [6, 6.07) is 8.79. The number of hydrogen-bond acceptors (Lipinski definition) is 5. The van der Waals surface area contributed by atoms with Crippen LogP contribution in [0.2, 0.25) is 0 Å². The Balaban J connectivity index is 1.69. The van der Waals surface area contributed by atoms with Crippen LogP contribution in [0.1, 0.15) is 16.1 Å². The number of carbonyl (C=O) groups excluding carboxylic acids is 1. The first kappa shape index (κ1) is 12.3. The number of nitrogens with one attached hydrogen (secondary N) is 1. The van der Waals surface area contributed by atoms with Gasteiger partial charge in [0.1, 0.15) is 5.69 Å². The van der Waals surface area contributed by atoms with Crippen LogP contribution >= 0.6 is 0 Å². The molecule has 6 nitrogen and oxygen atoms in total. The lowest BCUT2D eigenvalue weighted by atomic mass is 10.2. The van der Waals surface area contributed by atoms with E-state index in [1.807, 2.05) is 18.2 Å². The van der Waals surface area contributed by atoms with Crippen molar-refractivity contribution in [2.24, 2.45) is 0 Å². The molecule has 20 heavy (non-hydrogen) atoms. The second-order valence-corrected chi connectivity index (χ2v) is 4.31. The standard InChI is InChI=1S/C14H13N3O3/c15-10-4-5-11(16-7-10)14(18)17-6-9-2-1-3-12-13(9)20-8-19-12/h1-5,7H,6,8,15H2,(H,17,18). The average molecular weight is 271 g/mol. The summed E-state index contributed by atoms with van der Waals surface area (Å²) in [6.07, 6.45) is 1.45. The summed E-state index contributed by atoms with van der Waals surface area (Å²) in [5.74, 6) is 1.11. The van der Waals surface area contributed by atoms with Crippen molar-refractivity contribution in [3.63, 3.8) is 0 Å². The van der Waals surface area contributed by atoms with E-state index in [0.717, 1.165) is 5.56 Å². The quantitative estimate of drug-likeness (QED) is 0.879. The lowest BCUT2D eigenvalue weighted by molar-refractivity contribution is 0.0945. The number of amides is 1. The number of benzene rings is 1. The van der Waals surface area contributed by atoms with Gasteiger partial charge in [0.2, 0.25) is 6.79 Å². The van der Waals surface area contributed by atoms with E-state index in [2.05, 4.69) is 10.3 Å². The molecule has 1 aromatic heterocycles. The van der Waals surface area contributed by atoms with Crippen molar-refractivity contribution in [3.8, 4) is 11.5 Å². The van der Waals surface area contributed by atoms with E-state index in [0.29, 0.717) is 29.4 Å². The first-order valence-electron chi connectivity index (χ1n) is 6.11. The minimum Gasteiger partial charge on any atom is -0.454 e.